The number of aromatic nitrogens is 1. The van der Waals surface area contributed by atoms with E-state index in [1.165, 1.54) is 17.0 Å². The molecule has 1 amide bonds. The largest absolute Gasteiger partial charge is 0.461 e. The van der Waals surface area contributed by atoms with Crippen LogP contribution in [0, 0.1) is 25.6 Å². The SMILES string of the molecule is CCOC(=O)c1[nH]c(C)c(C(=O)[C@@H](C)N(Cc2ccc(F)cc2)C(=O)C(C)C)c1C. The van der Waals surface area contributed by atoms with Gasteiger partial charge in [-0.05, 0) is 51.0 Å². The monoisotopic (exact) mass is 416 g/mol. The number of carbonyl (C=O) groups is 3. The summed E-state index contributed by atoms with van der Waals surface area (Å²) in [6.45, 7) is 10.7. The van der Waals surface area contributed by atoms with E-state index in [9.17, 15) is 18.8 Å². The number of nitrogens with zero attached hydrogens (tertiary/aromatic N) is 1. The first-order valence-corrected chi connectivity index (χ1v) is 10.0. The average Bonchev–Trinajstić information content (AvgIpc) is 3.00. The van der Waals surface area contributed by atoms with Gasteiger partial charge in [-0.3, -0.25) is 9.59 Å². The van der Waals surface area contributed by atoms with Crippen LogP contribution in [0.15, 0.2) is 24.3 Å². The predicted molar refractivity (Wildman–Crippen MR) is 112 cm³/mol. The summed E-state index contributed by atoms with van der Waals surface area (Å²) in [5, 5.41) is 0. The molecule has 2 aromatic rings. The van der Waals surface area contributed by atoms with Gasteiger partial charge in [0.05, 0.1) is 12.6 Å². The number of hydrogen-bond donors (Lipinski definition) is 1. The second-order valence-electron chi connectivity index (χ2n) is 7.63. The van der Waals surface area contributed by atoms with E-state index in [1.54, 1.807) is 53.7 Å². The molecule has 0 aliphatic carbocycles. The van der Waals surface area contributed by atoms with E-state index in [1.807, 2.05) is 0 Å². The van der Waals surface area contributed by atoms with E-state index in [-0.39, 0.29) is 42.3 Å². The minimum absolute atomic E-state index is 0.178. The Morgan fingerprint density at radius 1 is 1.10 bits per heavy atom. The number of benzene rings is 1. The number of nitrogens with one attached hydrogen (secondary N) is 1. The first-order valence-electron chi connectivity index (χ1n) is 10.0. The van der Waals surface area contributed by atoms with E-state index in [0.29, 0.717) is 16.8 Å². The van der Waals surface area contributed by atoms with Crippen LogP contribution in [0.25, 0.3) is 0 Å². The number of amides is 1. The molecule has 162 valence electrons. The second-order valence-corrected chi connectivity index (χ2v) is 7.63. The van der Waals surface area contributed by atoms with Crippen LogP contribution in [-0.4, -0.2) is 40.2 Å². The summed E-state index contributed by atoms with van der Waals surface area (Å²) in [5.41, 5.74) is 2.39. The normalized spacial score (nSPS) is 12.0. The zero-order valence-corrected chi connectivity index (χ0v) is 18.3. The van der Waals surface area contributed by atoms with Gasteiger partial charge in [0.1, 0.15) is 11.5 Å². The lowest BCUT2D eigenvalue weighted by molar-refractivity contribution is -0.136. The van der Waals surface area contributed by atoms with Crippen molar-refractivity contribution in [3.63, 3.8) is 0 Å². The Balaban J connectivity index is 2.38. The summed E-state index contributed by atoms with van der Waals surface area (Å²) in [6, 6.07) is 5.07. The molecule has 0 fully saturated rings. The van der Waals surface area contributed by atoms with E-state index in [2.05, 4.69) is 4.98 Å². The van der Waals surface area contributed by atoms with Crippen molar-refractivity contribution in [2.75, 3.05) is 6.61 Å². The van der Waals surface area contributed by atoms with Gasteiger partial charge in [0.15, 0.2) is 5.78 Å². The fraction of sp³-hybridized carbons (Fsp3) is 0.435. The van der Waals surface area contributed by atoms with Gasteiger partial charge < -0.3 is 14.6 Å². The van der Waals surface area contributed by atoms with E-state index < -0.39 is 12.0 Å². The molecule has 7 heteroatoms. The van der Waals surface area contributed by atoms with Gasteiger partial charge in [0.2, 0.25) is 5.91 Å². The Labute approximate surface area is 176 Å². The van der Waals surface area contributed by atoms with Gasteiger partial charge in [-0.15, -0.1) is 0 Å². The summed E-state index contributed by atoms with van der Waals surface area (Å²) in [5.74, 6) is -1.66. The average molecular weight is 416 g/mol. The van der Waals surface area contributed by atoms with Crippen LogP contribution < -0.4 is 0 Å². The molecule has 0 spiro atoms. The van der Waals surface area contributed by atoms with Gasteiger partial charge in [0.25, 0.3) is 0 Å². The summed E-state index contributed by atoms with van der Waals surface area (Å²) >= 11 is 0. The van der Waals surface area contributed by atoms with Crippen molar-refractivity contribution in [1.29, 1.82) is 0 Å². The summed E-state index contributed by atoms with van der Waals surface area (Å²) < 4.78 is 18.3. The molecule has 0 radical (unpaired) electrons. The third kappa shape index (κ3) is 4.96. The highest BCUT2D eigenvalue weighted by atomic mass is 19.1. The number of halogens is 1. The first kappa shape index (κ1) is 23.3. The highest BCUT2D eigenvalue weighted by Gasteiger charge is 2.32. The maximum absolute atomic E-state index is 13.4. The molecule has 2 rings (SSSR count). The molecule has 1 heterocycles. The number of aromatic amines is 1. The molecule has 30 heavy (non-hydrogen) atoms. The minimum Gasteiger partial charge on any atom is -0.461 e. The molecule has 1 N–H and O–H groups in total. The number of Topliss-reactive ketones (excluding diaryl/α,β-unsaturated/α-hetero) is 1. The molecule has 0 saturated carbocycles. The van der Waals surface area contributed by atoms with Crippen LogP contribution in [-0.2, 0) is 16.1 Å². The van der Waals surface area contributed by atoms with Crippen LogP contribution >= 0.6 is 0 Å². The maximum Gasteiger partial charge on any atom is 0.355 e. The number of ketones is 1. The van der Waals surface area contributed by atoms with E-state index >= 15 is 0 Å². The van der Waals surface area contributed by atoms with Gasteiger partial charge in [0, 0.05) is 23.7 Å². The lowest BCUT2D eigenvalue weighted by atomic mass is 9.98. The third-order valence-electron chi connectivity index (χ3n) is 5.05. The zero-order valence-electron chi connectivity index (χ0n) is 18.3. The lowest BCUT2D eigenvalue weighted by Gasteiger charge is -2.30. The molecule has 0 aliphatic rings. The number of hydrogen-bond acceptors (Lipinski definition) is 4. The Morgan fingerprint density at radius 2 is 1.70 bits per heavy atom. The molecular weight excluding hydrogens is 387 g/mol. The van der Waals surface area contributed by atoms with Crippen molar-refractivity contribution in [3.05, 3.63) is 58.2 Å². The molecule has 0 unspecified atom stereocenters. The van der Waals surface area contributed by atoms with Crippen LogP contribution in [0.5, 0.6) is 0 Å². The van der Waals surface area contributed by atoms with Crippen LogP contribution in [0.1, 0.15) is 65.4 Å². The third-order valence-corrected chi connectivity index (χ3v) is 5.05. The first-order chi connectivity index (χ1) is 14.1. The molecule has 0 saturated heterocycles. The molecule has 0 aliphatic heterocycles. The van der Waals surface area contributed by atoms with E-state index in [0.717, 1.165) is 5.56 Å². The van der Waals surface area contributed by atoms with Crippen molar-refractivity contribution in [2.24, 2.45) is 5.92 Å². The van der Waals surface area contributed by atoms with Gasteiger partial charge >= 0.3 is 5.97 Å². The van der Waals surface area contributed by atoms with Crippen molar-refractivity contribution in [3.8, 4) is 0 Å². The van der Waals surface area contributed by atoms with Gasteiger partial charge in [-0.1, -0.05) is 26.0 Å². The fourth-order valence-corrected chi connectivity index (χ4v) is 3.40. The molecule has 1 aromatic heterocycles. The summed E-state index contributed by atoms with van der Waals surface area (Å²) in [6.07, 6.45) is 0. The minimum atomic E-state index is -0.770. The quantitative estimate of drug-likeness (QED) is 0.517. The molecule has 6 nitrogen and oxygen atoms in total. The van der Waals surface area contributed by atoms with Crippen LogP contribution in [0.4, 0.5) is 4.39 Å². The van der Waals surface area contributed by atoms with Gasteiger partial charge in [-0.25, -0.2) is 9.18 Å². The van der Waals surface area contributed by atoms with Crippen LogP contribution in [0.2, 0.25) is 0 Å². The van der Waals surface area contributed by atoms with Crippen molar-refractivity contribution in [2.45, 2.75) is 54.1 Å². The number of aryl methyl sites for hydroxylation is 1. The summed E-state index contributed by atoms with van der Waals surface area (Å²) in [4.78, 5) is 42.8. The standard InChI is InChI=1S/C23H29FN2O4/c1-7-30-23(29)20-14(4)19(15(5)25-20)21(27)16(6)26(22(28)13(2)3)12-17-8-10-18(24)11-9-17/h8-11,13,16,25H,7,12H2,1-6H3/t16-/m1/s1. The van der Waals surface area contributed by atoms with Crippen molar-refractivity contribution in [1.82, 2.24) is 9.88 Å². The number of H-pyrrole nitrogens is 1. The fourth-order valence-electron chi connectivity index (χ4n) is 3.40. The zero-order chi connectivity index (χ0) is 22.6. The van der Waals surface area contributed by atoms with E-state index in [4.69, 9.17) is 4.74 Å². The summed E-state index contributed by atoms with van der Waals surface area (Å²) in [7, 11) is 0. The highest BCUT2D eigenvalue weighted by molar-refractivity contribution is 6.06. The molecule has 0 bridgehead atoms. The lowest BCUT2D eigenvalue weighted by Crippen LogP contribution is -2.44. The topological polar surface area (TPSA) is 79.5 Å². The number of rotatable bonds is 8. The smallest absolute Gasteiger partial charge is 0.355 e. The highest BCUT2D eigenvalue weighted by Crippen LogP contribution is 2.23. The predicted octanol–water partition coefficient (Wildman–Crippen LogP) is 4.20. The Bertz CT molecular complexity index is 931. The maximum atomic E-state index is 13.4. The van der Waals surface area contributed by atoms with Gasteiger partial charge in [-0.2, -0.15) is 0 Å². The van der Waals surface area contributed by atoms with Crippen molar-refractivity contribution >= 4 is 17.7 Å². The second kappa shape index (κ2) is 9.69. The van der Waals surface area contributed by atoms with Crippen LogP contribution in [0.3, 0.4) is 0 Å². The number of esters is 1. The number of carbonyl (C=O) groups excluding carboxylic acids is 3. The molecule has 1 atom stereocenters. The Kier molecular flexibility index (Phi) is 7.54. The number of ether oxygens (including phenoxy) is 1. The molecule has 1 aromatic carbocycles. The molecular formula is C23H29FN2O4. The Hall–Kier alpha value is -2.96. The van der Waals surface area contributed by atoms with Crippen molar-refractivity contribution < 1.29 is 23.5 Å². The Morgan fingerprint density at radius 3 is 2.23 bits per heavy atom.